The van der Waals surface area contributed by atoms with Crippen molar-refractivity contribution in [2.45, 2.75) is 32.7 Å². The van der Waals surface area contributed by atoms with E-state index in [0.717, 1.165) is 30.5 Å². The van der Waals surface area contributed by atoms with Gasteiger partial charge in [-0.05, 0) is 37.5 Å². The first kappa shape index (κ1) is 13.9. The Balaban J connectivity index is 1.76. The number of ether oxygens (including phenoxy) is 1. The van der Waals surface area contributed by atoms with Crippen LogP contribution in [0, 0.1) is 4.77 Å². The molecule has 3 rings (SSSR count). The Bertz CT molecular complexity index is 609. The lowest BCUT2D eigenvalue weighted by Crippen LogP contribution is -2.46. The predicted molar refractivity (Wildman–Crippen MR) is 82.3 cm³/mol. The molecular weight excluding hydrogens is 292 g/mol. The Labute approximate surface area is 127 Å². The van der Waals surface area contributed by atoms with Crippen LogP contribution in [0.4, 0.5) is 0 Å². The van der Waals surface area contributed by atoms with Gasteiger partial charge in [0.05, 0.1) is 23.8 Å². The first-order chi connectivity index (χ1) is 9.61. The second-order valence-corrected chi connectivity index (χ2v) is 6.51. The lowest BCUT2D eigenvalue weighted by molar-refractivity contribution is -0.0776. The van der Waals surface area contributed by atoms with Crippen molar-refractivity contribution >= 4 is 23.6 Å². The highest BCUT2D eigenvalue weighted by Crippen LogP contribution is 2.21. The predicted octanol–water partition coefficient (Wildman–Crippen LogP) is 2.74. The van der Waals surface area contributed by atoms with Crippen molar-refractivity contribution in [2.75, 3.05) is 13.1 Å². The second kappa shape index (κ2) is 5.77. The maximum atomic E-state index is 5.75. The molecule has 0 bridgehead atoms. The van der Waals surface area contributed by atoms with E-state index in [2.05, 4.69) is 28.8 Å². The van der Waals surface area contributed by atoms with Gasteiger partial charge in [0.2, 0.25) is 4.77 Å². The first-order valence-corrected chi connectivity index (χ1v) is 7.99. The molecule has 2 aromatic heterocycles. The lowest BCUT2D eigenvalue weighted by Gasteiger charge is -2.35. The molecule has 2 aromatic rings. The van der Waals surface area contributed by atoms with Crippen molar-refractivity contribution in [1.82, 2.24) is 19.7 Å². The van der Waals surface area contributed by atoms with Gasteiger partial charge in [-0.2, -0.15) is 4.98 Å². The summed E-state index contributed by atoms with van der Waals surface area (Å²) < 4.78 is 8.27. The smallest absolute Gasteiger partial charge is 0.217 e. The minimum absolute atomic E-state index is 0.257. The van der Waals surface area contributed by atoms with Gasteiger partial charge in [-0.15, -0.1) is 11.3 Å². The number of hydrogen-bond acceptors (Lipinski definition) is 5. The van der Waals surface area contributed by atoms with Crippen LogP contribution in [0.25, 0.3) is 10.7 Å². The minimum atomic E-state index is 0.257. The maximum Gasteiger partial charge on any atom is 0.217 e. The van der Waals surface area contributed by atoms with E-state index >= 15 is 0 Å². The third-order valence-electron chi connectivity index (χ3n) is 3.27. The number of hydrogen-bond donors (Lipinski definition) is 1. The van der Waals surface area contributed by atoms with Crippen LogP contribution in [0.2, 0.25) is 0 Å². The number of nitrogens with one attached hydrogen (secondary N) is 1. The van der Waals surface area contributed by atoms with E-state index < -0.39 is 0 Å². The summed E-state index contributed by atoms with van der Waals surface area (Å²) in [4.78, 5) is 7.88. The number of nitrogens with zero attached hydrogens (tertiary/aromatic N) is 3. The van der Waals surface area contributed by atoms with Crippen molar-refractivity contribution in [3.63, 3.8) is 0 Å². The maximum absolute atomic E-state index is 5.75. The summed E-state index contributed by atoms with van der Waals surface area (Å²) >= 11 is 7.00. The van der Waals surface area contributed by atoms with Crippen LogP contribution in [0.1, 0.15) is 13.8 Å². The van der Waals surface area contributed by atoms with Gasteiger partial charge in [-0.25, -0.2) is 4.68 Å². The van der Waals surface area contributed by atoms with Gasteiger partial charge in [-0.1, -0.05) is 6.07 Å². The number of rotatable bonds is 3. The molecule has 0 amide bonds. The topological polar surface area (TPSA) is 46.1 Å². The highest BCUT2D eigenvalue weighted by atomic mass is 32.1. The van der Waals surface area contributed by atoms with Crippen LogP contribution in [-0.2, 0) is 11.4 Å². The van der Waals surface area contributed by atoms with Crippen LogP contribution in [0.5, 0.6) is 0 Å². The largest absolute Gasteiger partial charge is 0.373 e. The van der Waals surface area contributed by atoms with Gasteiger partial charge in [0.15, 0.2) is 5.82 Å². The Morgan fingerprint density at radius 2 is 2.20 bits per heavy atom. The molecule has 7 heteroatoms. The van der Waals surface area contributed by atoms with E-state index in [4.69, 9.17) is 17.0 Å². The fourth-order valence-electron chi connectivity index (χ4n) is 2.58. The fourth-order valence-corrected chi connectivity index (χ4v) is 3.43. The summed E-state index contributed by atoms with van der Waals surface area (Å²) in [5, 5.41) is 5.33. The molecule has 0 aromatic carbocycles. The number of aromatic nitrogens is 3. The van der Waals surface area contributed by atoms with Crippen LogP contribution in [0.15, 0.2) is 17.5 Å². The van der Waals surface area contributed by atoms with E-state index in [1.165, 1.54) is 0 Å². The van der Waals surface area contributed by atoms with Crippen molar-refractivity contribution < 1.29 is 4.74 Å². The van der Waals surface area contributed by atoms with E-state index in [1.807, 2.05) is 22.2 Å². The third kappa shape index (κ3) is 3.01. The summed E-state index contributed by atoms with van der Waals surface area (Å²) in [6.07, 6.45) is 0.514. The van der Waals surface area contributed by atoms with E-state index in [0.29, 0.717) is 4.77 Å². The second-order valence-electron chi connectivity index (χ2n) is 5.19. The summed E-state index contributed by atoms with van der Waals surface area (Å²) in [5.41, 5.74) is 0. The SMILES string of the molecule is C[C@@H]1CN(Cn2[nH]c(-c3cccs3)nc2=S)C[C@@H](C)O1. The Hall–Kier alpha value is -1.02. The highest BCUT2D eigenvalue weighted by molar-refractivity contribution is 7.71. The Morgan fingerprint density at radius 3 is 2.85 bits per heavy atom. The molecule has 1 aliphatic rings. The number of H-pyrrole nitrogens is 1. The Kier molecular flexibility index (Phi) is 4.02. The van der Waals surface area contributed by atoms with Gasteiger partial charge >= 0.3 is 0 Å². The lowest BCUT2D eigenvalue weighted by atomic mass is 10.2. The molecular formula is C13H18N4OS2. The van der Waals surface area contributed by atoms with Crippen LogP contribution < -0.4 is 0 Å². The van der Waals surface area contributed by atoms with Gasteiger partial charge < -0.3 is 4.74 Å². The molecule has 0 saturated carbocycles. The third-order valence-corrected chi connectivity index (χ3v) is 4.46. The molecule has 108 valence electrons. The van der Waals surface area contributed by atoms with Gasteiger partial charge in [0.25, 0.3) is 0 Å². The fraction of sp³-hybridized carbons (Fsp3) is 0.538. The van der Waals surface area contributed by atoms with Gasteiger partial charge in [0.1, 0.15) is 0 Å². The molecule has 1 fully saturated rings. The van der Waals surface area contributed by atoms with E-state index in [-0.39, 0.29) is 12.2 Å². The van der Waals surface area contributed by atoms with Crippen LogP contribution in [0.3, 0.4) is 0 Å². The molecule has 1 N–H and O–H groups in total. The van der Waals surface area contributed by atoms with E-state index in [1.54, 1.807) is 11.3 Å². The van der Waals surface area contributed by atoms with Gasteiger partial charge in [-0.3, -0.25) is 10.00 Å². The average Bonchev–Trinajstić information content (AvgIpc) is 2.98. The molecule has 20 heavy (non-hydrogen) atoms. The van der Waals surface area contributed by atoms with Crippen molar-refractivity contribution in [2.24, 2.45) is 0 Å². The Morgan fingerprint density at radius 1 is 1.45 bits per heavy atom. The zero-order valence-electron chi connectivity index (χ0n) is 11.6. The zero-order valence-corrected chi connectivity index (χ0v) is 13.2. The molecule has 5 nitrogen and oxygen atoms in total. The standard InChI is InChI=1S/C13H18N4OS2/c1-9-6-16(7-10(2)18-9)8-17-13(19)14-12(15-17)11-4-3-5-20-11/h3-5,9-10H,6-8H2,1-2H3,(H,14,15,19)/t9-,10-/m1/s1. The zero-order chi connectivity index (χ0) is 14.1. The van der Waals surface area contributed by atoms with Crippen molar-refractivity contribution in [1.29, 1.82) is 0 Å². The average molecular weight is 310 g/mol. The van der Waals surface area contributed by atoms with Crippen LogP contribution in [-0.4, -0.2) is 45.0 Å². The number of aromatic amines is 1. The normalized spacial score (nSPS) is 24.1. The van der Waals surface area contributed by atoms with Crippen molar-refractivity contribution in [3.8, 4) is 10.7 Å². The quantitative estimate of drug-likeness (QED) is 0.886. The minimum Gasteiger partial charge on any atom is -0.373 e. The first-order valence-electron chi connectivity index (χ1n) is 6.70. The molecule has 1 aliphatic heterocycles. The molecule has 0 spiro atoms. The molecule has 1 saturated heterocycles. The monoisotopic (exact) mass is 310 g/mol. The number of morpholine rings is 1. The highest BCUT2D eigenvalue weighted by Gasteiger charge is 2.22. The van der Waals surface area contributed by atoms with Gasteiger partial charge in [0, 0.05) is 13.1 Å². The number of thiophene rings is 1. The summed E-state index contributed by atoms with van der Waals surface area (Å²) in [6, 6.07) is 4.06. The summed E-state index contributed by atoms with van der Waals surface area (Å²) in [6.45, 7) is 6.77. The summed E-state index contributed by atoms with van der Waals surface area (Å²) in [5.74, 6) is 0.847. The molecule has 0 unspecified atom stereocenters. The molecule has 2 atom stereocenters. The van der Waals surface area contributed by atoms with Crippen LogP contribution >= 0.6 is 23.6 Å². The van der Waals surface area contributed by atoms with E-state index in [9.17, 15) is 0 Å². The molecule has 3 heterocycles. The summed E-state index contributed by atoms with van der Waals surface area (Å²) in [7, 11) is 0. The molecule has 0 radical (unpaired) electrons. The van der Waals surface area contributed by atoms with Crippen molar-refractivity contribution in [3.05, 3.63) is 22.3 Å². The molecule has 0 aliphatic carbocycles.